The monoisotopic (exact) mass is 499 g/mol. The molecule has 0 aliphatic carbocycles. The smallest absolute Gasteiger partial charge is 0.342 e. The van der Waals surface area contributed by atoms with Gasteiger partial charge in [0.2, 0.25) is 5.88 Å². The van der Waals surface area contributed by atoms with Gasteiger partial charge in [-0.25, -0.2) is 4.79 Å². The Morgan fingerprint density at radius 3 is 2.69 bits per heavy atom. The summed E-state index contributed by atoms with van der Waals surface area (Å²) in [6.45, 7) is 0. The second-order valence-corrected chi connectivity index (χ2v) is 8.11. The Kier molecular flexibility index (Phi) is 6.56. The number of carbonyl (C=O) groups is 1. The molecule has 3 rings (SSSR count). The normalized spacial score (nSPS) is 11.6. The van der Waals surface area contributed by atoms with Crippen molar-refractivity contribution in [3.63, 3.8) is 0 Å². The second-order valence-electron chi connectivity index (χ2n) is 5.83. The maximum absolute atomic E-state index is 11.7. The first-order chi connectivity index (χ1) is 13.8. The van der Waals surface area contributed by atoms with E-state index in [1.54, 1.807) is 29.2 Å². The molecule has 1 N–H and O–H groups in total. The van der Waals surface area contributed by atoms with Crippen molar-refractivity contribution in [2.75, 3.05) is 26.1 Å². The quantitative estimate of drug-likeness (QED) is 0.353. The van der Waals surface area contributed by atoms with Crippen LogP contribution in [0.25, 0.3) is 17.5 Å². The van der Waals surface area contributed by atoms with Crippen molar-refractivity contribution in [3.8, 4) is 17.2 Å². The molecule has 0 fully saturated rings. The predicted molar refractivity (Wildman–Crippen MR) is 114 cm³/mol. The van der Waals surface area contributed by atoms with E-state index in [4.69, 9.17) is 25.2 Å². The first-order valence-electron chi connectivity index (χ1n) is 8.05. The Hall–Kier alpha value is -2.43. The Morgan fingerprint density at radius 2 is 2.07 bits per heavy atom. The molecule has 2 heterocycles. The van der Waals surface area contributed by atoms with E-state index in [2.05, 4.69) is 26.1 Å². The minimum absolute atomic E-state index is 0.0501. The topological polar surface area (TPSA) is 102 Å². The molecule has 0 atom stereocenters. The Balaban J connectivity index is 1.89. The van der Waals surface area contributed by atoms with Gasteiger partial charge in [0.15, 0.2) is 0 Å². The minimum Gasteiger partial charge on any atom is -0.496 e. The van der Waals surface area contributed by atoms with Crippen LogP contribution in [0.1, 0.15) is 5.76 Å². The number of aliphatic carboxylic acids is 1. The number of methoxy groups -OCH3 is 1. The molecule has 0 saturated carbocycles. The van der Waals surface area contributed by atoms with Gasteiger partial charge in [-0.2, -0.15) is 0 Å². The average Bonchev–Trinajstić information content (AvgIpc) is 3.27. The average molecular weight is 501 g/mol. The summed E-state index contributed by atoms with van der Waals surface area (Å²) in [6.07, 6.45) is 1.38. The number of hydrogen-bond donors (Lipinski definition) is 1. The molecule has 0 bridgehead atoms. The Morgan fingerprint density at radius 1 is 1.31 bits per heavy atom. The van der Waals surface area contributed by atoms with Gasteiger partial charge in [0.1, 0.15) is 16.4 Å². The maximum atomic E-state index is 11.7. The van der Waals surface area contributed by atoms with E-state index in [9.17, 15) is 9.90 Å². The Labute approximate surface area is 183 Å². The van der Waals surface area contributed by atoms with Crippen molar-refractivity contribution >= 4 is 57.2 Å². The first kappa shape index (κ1) is 21.3. The molecule has 1 aromatic carbocycles. The van der Waals surface area contributed by atoms with E-state index in [0.29, 0.717) is 32.5 Å². The fraction of sp³-hybridized carbons (Fsp3) is 0.167. The number of furan rings is 1. The van der Waals surface area contributed by atoms with Gasteiger partial charge < -0.3 is 23.6 Å². The molecule has 0 aliphatic rings. The SMILES string of the molecule is COc1ccc(Cl)cc1-c1nnc(S/C(=C\c2cc(Br)c(N(C)C)o2)C(=O)O)o1. The van der Waals surface area contributed by atoms with Gasteiger partial charge in [-0.3, -0.25) is 0 Å². The van der Waals surface area contributed by atoms with Gasteiger partial charge in [-0.05, 0) is 45.9 Å². The molecule has 152 valence electrons. The molecule has 0 aliphatic heterocycles. The summed E-state index contributed by atoms with van der Waals surface area (Å²) in [5, 5.41) is 17.9. The zero-order chi connectivity index (χ0) is 21.1. The van der Waals surface area contributed by atoms with Crippen LogP contribution in [0.4, 0.5) is 5.88 Å². The van der Waals surface area contributed by atoms with Crippen LogP contribution in [0.15, 0.2) is 47.7 Å². The van der Waals surface area contributed by atoms with Crippen molar-refractivity contribution in [2.45, 2.75) is 5.22 Å². The van der Waals surface area contributed by atoms with E-state index in [-0.39, 0.29) is 16.0 Å². The highest BCUT2D eigenvalue weighted by molar-refractivity contribution is 9.10. The predicted octanol–water partition coefficient (Wildman–Crippen LogP) is 5.04. The lowest BCUT2D eigenvalue weighted by molar-refractivity contribution is -0.131. The molecular weight excluding hydrogens is 486 g/mol. The number of aromatic nitrogens is 2. The lowest BCUT2D eigenvalue weighted by atomic mass is 10.2. The summed E-state index contributed by atoms with van der Waals surface area (Å²) < 4.78 is 17.2. The van der Waals surface area contributed by atoms with E-state index in [0.717, 1.165) is 11.8 Å². The zero-order valence-corrected chi connectivity index (χ0v) is 18.6. The van der Waals surface area contributed by atoms with Crippen molar-refractivity contribution in [3.05, 3.63) is 44.4 Å². The number of rotatable bonds is 7. The molecule has 0 saturated heterocycles. The van der Waals surface area contributed by atoms with Crippen molar-refractivity contribution in [1.29, 1.82) is 0 Å². The van der Waals surface area contributed by atoms with Crippen molar-refractivity contribution in [2.24, 2.45) is 0 Å². The number of hydrogen-bond acceptors (Lipinski definition) is 8. The van der Waals surface area contributed by atoms with Gasteiger partial charge >= 0.3 is 5.97 Å². The fourth-order valence-corrected chi connectivity index (χ4v) is 3.80. The number of carboxylic acid groups (broad SMARTS) is 1. The molecule has 3 aromatic rings. The third-order valence-electron chi connectivity index (χ3n) is 3.57. The molecule has 8 nitrogen and oxygen atoms in total. The van der Waals surface area contributed by atoms with E-state index < -0.39 is 5.97 Å². The van der Waals surface area contributed by atoms with Gasteiger partial charge in [0.05, 0.1) is 17.1 Å². The summed E-state index contributed by atoms with van der Waals surface area (Å²) in [4.78, 5) is 13.4. The van der Waals surface area contributed by atoms with E-state index in [1.807, 2.05) is 14.1 Å². The molecule has 0 spiro atoms. The summed E-state index contributed by atoms with van der Waals surface area (Å²) in [6, 6.07) is 6.65. The van der Waals surface area contributed by atoms with Crippen LogP contribution in [0, 0.1) is 0 Å². The Bertz CT molecular complexity index is 1080. The molecular formula is C18H15BrClN3O5S. The number of ether oxygens (including phenoxy) is 1. The van der Waals surface area contributed by atoms with Gasteiger partial charge in [-0.15, -0.1) is 10.2 Å². The van der Waals surface area contributed by atoms with Crippen LogP contribution < -0.4 is 9.64 Å². The van der Waals surface area contributed by atoms with Crippen LogP contribution in [-0.2, 0) is 4.79 Å². The van der Waals surface area contributed by atoms with E-state index >= 15 is 0 Å². The molecule has 29 heavy (non-hydrogen) atoms. The number of anilines is 1. The van der Waals surface area contributed by atoms with Crippen LogP contribution in [0.5, 0.6) is 5.75 Å². The maximum Gasteiger partial charge on any atom is 0.342 e. The third-order valence-corrected chi connectivity index (χ3v) is 5.23. The summed E-state index contributed by atoms with van der Waals surface area (Å²) in [5.74, 6) is 0.433. The molecule has 2 aromatic heterocycles. The van der Waals surface area contributed by atoms with Gasteiger partial charge in [0, 0.05) is 31.3 Å². The highest BCUT2D eigenvalue weighted by atomic mass is 79.9. The highest BCUT2D eigenvalue weighted by Gasteiger charge is 2.19. The van der Waals surface area contributed by atoms with Crippen molar-refractivity contribution < 1.29 is 23.5 Å². The van der Waals surface area contributed by atoms with E-state index in [1.165, 1.54) is 13.2 Å². The molecule has 0 radical (unpaired) electrons. The van der Waals surface area contributed by atoms with Crippen molar-refractivity contribution in [1.82, 2.24) is 10.2 Å². The van der Waals surface area contributed by atoms with Crippen LogP contribution in [0.2, 0.25) is 5.02 Å². The van der Waals surface area contributed by atoms with Gasteiger partial charge in [0.25, 0.3) is 11.1 Å². The number of halogens is 2. The van der Waals surface area contributed by atoms with Crippen LogP contribution in [0.3, 0.4) is 0 Å². The highest BCUT2D eigenvalue weighted by Crippen LogP contribution is 2.36. The molecule has 11 heteroatoms. The molecule has 0 amide bonds. The summed E-state index contributed by atoms with van der Waals surface area (Å²) in [5.41, 5.74) is 0.505. The summed E-state index contributed by atoms with van der Waals surface area (Å²) >= 11 is 10.2. The van der Waals surface area contributed by atoms with Crippen LogP contribution in [-0.4, -0.2) is 42.5 Å². The first-order valence-corrected chi connectivity index (χ1v) is 10.0. The summed E-state index contributed by atoms with van der Waals surface area (Å²) in [7, 11) is 5.13. The number of thioether (sulfide) groups is 1. The number of nitrogens with zero attached hydrogens (tertiary/aromatic N) is 3. The second kappa shape index (κ2) is 8.93. The largest absolute Gasteiger partial charge is 0.496 e. The molecule has 0 unspecified atom stereocenters. The van der Waals surface area contributed by atoms with Gasteiger partial charge in [-0.1, -0.05) is 11.6 Å². The third kappa shape index (κ3) is 4.95. The number of carboxylic acids is 1. The fourth-order valence-electron chi connectivity index (χ4n) is 2.32. The minimum atomic E-state index is -1.16. The standard InChI is InChI=1S/C18H15BrClN3O5S/c1-23(2)16-12(19)7-10(27-16)8-14(17(24)25)29-18-22-21-15(28-18)11-6-9(20)4-5-13(11)26-3/h4-8H,1-3H3,(H,24,25)/b14-8-. The zero-order valence-electron chi connectivity index (χ0n) is 15.5. The number of benzene rings is 1. The lowest BCUT2D eigenvalue weighted by Crippen LogP contribution is -2.07. The van der Waals surface area contributed by atoms with Crippen LogP contribution >= 0.6 is 39.3 Å². The lowest BCUT2D eigenvalue weighted by Gasteiger charge is -2.07.